The molecule has 0 aliphatic carbocycles. The molecule has 5 nitrogen and oxygen atoms in total. The first-order valence-electron chi connectivity index (χ1n) is 9.29. The molecular formula is C23H19ClN2O3. The van der Waals surface area contributed by atoms with Gasteiger partial charge in [-0.3, -0.25) is 9.59 Å². The lowest BCUT2D eigenvalue weighted by Crippen LogP contribution is -2.31. The minimum absolute atomic E-state index is 0.0252. The van der Waals surface area contributed by atoms with Crippen molar-refractivity contribution in [3.8, 4) is 5.75 Å². The number of hydrogen-bond donors (Lipinski definition) is 1. The van der Waals surface area contributed by atoms with E-state index in [4.69, 9.17) is 16.3 Å². The lowest BCUT2D eigenvalue weighted by atomic mass is 10.1. The number of carbonyl (C=O) groups excluding carboxylic acids is 1. The summed E-state index contributed by atoms with van der Waals surface area (Å²) in [5.74, 6) is 0.503. The summed E-state index contributed by atoms with van der Waals surface area (Å²) in [6.07, 6.45) is 0. The van der Waals surface area contributed by atoms with Crippen LogP contribution in [0.2, 0.25) is 5.02 Å². The number of fused-ring (bicyclic) bond motifs is 2. The van der Waals surface area contributed by atoms with Crippen LogP contribution >= 0.6 is 11.6 Å². The van der Waals surface area contributed by atoms with Crippen LogP contribution in [0.25, 0.3) is 21.8 Å². The second-order valence-electron chi connectivity index (χ2n) is 6.61. The predicted molar refractivity (Wildman–Crippen MR) is 116 cm³/mol. The van der Waals surface area contributed by atoms with Gasteiger partial charge in [-0.05, 0) is 42.5 Å². The first-order chi connectivity index (χ1) is 14.1. The van der Waals surface area contributed by atoms with Crippen LogP contribution in [-0.4, -0.2) is 23.6 Å². The highest BCUT2D eigenvalue weighted by molar-refractivity contribution is 6.30. The van der Waals surface area contributed by atoms with Gasteiger partial charge in [-0.1, -0.05) is 41.9 Å². The highest BCUT2D eigenvalue weighted by atomic mass is 35.5. The largest absolute Gasteiger partial charge is 0.492 e. The van der Waals surface area contributed by atoms with Gasteiger partial charge in [0.2, 0.25) is 5.91 Å². The summed E-state index contributed by atoms with van der Waals surface area (Å²) in [6, 6.07) is 21.8. The molecule has 3 aromatic carbocycles. The summed E-state index contributed by atoms with van der Waals surface area (Å²) in [6.45, 7) is 0.803. The number of ether oxygens (including phenoxy) is 1. The number of carbonyl (C=O) groups is 1. The van der Waals surface area contributed by atoms with Gasteiger partial charge in [-0.15, -0.1) is 0 Å². The highest BCUT2D eigenvalue weighted by Gasteiger charge is 2.12. The maximum absolute atomic E-state index is 12.8. The molecular weight excluding hydrogens is 388 g/mol. The summed E-state index contributed by atoms with van der Waals surface area (Å²) in [4.78, 5) is 25.3. The zero-order valence-electron chi connectivity index (χ0n) is 15.6. The van der Waals surface area contributed by atoms with Crippen molar-refractivity contribution in [1.29, 1.82) is 0 Å². The van der Waals surface area contributed by atoms with E-state index < -0.39 is 0 Å². The van der Waals surface area contributed by atoms with Gasteiger partial charge in [-0.25, -0.2) is 0 Å². The van der Waals surface area contributed by atoms with E-state index in [0.717, 1.165) is 11.0 Å². The zero-order valence-corrected chi connectivity index (χ0v) is 16.4. The lowest BCUT2D eigenvalue weighted by molar-refractivity contribution is -0.121. The standard InChI is InChI=1S/C23H19ClN2O3/c24-16-6-5-7-17(14-16)29-13-12-25-22(27)15-26-20-10-3-1-8-18(20)23(28)19-9-2-4-11-21(19)26/h1-11,14H,12-13,15H2,(H,25,27). The summed E-state index contributed by atoms with van der Waals surface area (Å²) in [5.41, 5.74) is 1.45. The van der Waals surface area contributed by atoms with Gasteiger partial charge in [0.15, 0.2) is 5.43 Å². The fourth-order valence-electron chi connectivity index (χ4n) is 3.36. The van der Waals surface area contributed by atoms with E-state index in [9.17, 15) is 9.59 Å². The van der Waals surface area contributed by atoms with Crippen LogP contribution in [-0.2, 0) is 11.3 Å². The molecule has 0 saturated carbocycles. The van der Waals surface area contributed by atoms with Crippen LogP contribution in [0.5, 0.6) is 5.75 Å². The van der Waals surface area contributed by atoms with E-state index in [1.165, 1.54) is 0 Å². The Morgan fingerprint density at radius 2 is 1.59 bits per heavy atom. The number of rotatable bonds is 6. The van der Waals surface area contributed by atoms with E-state index in [1.54, 1.807) is 24.3 Å². The highest BCUT2D eigenvalue weighted by Crippen LogP contribution is 2.19. The number of benzene rings is 3. The van der Waals surface area contributed by atoms with Crippen molar-refractivity contribution in [2.24, 2.45) is 0 Å². The van der Waals surface area contributed by atoms with Crippen molar-refractivity contribution >= 4 is 39.3 Å². The minimum Gasteiger partial charge on any atom is -0.492 e. The maximum atomic E-state index is 12.8. The fourth-order valence-corrected chi connectivity index (χ4v) is 3.54. The Morgan fingerprint density at radius 1 is 0.931 bits per heavy atom. The molecule has 4 aromatic rings. The van der Waals surface area contributed by atoms with Crippen molar-refractivity contribution in [2.45, 2.75) is 6.54 Å². The van der Waals surface area contributed by atoms with Crippen LogP contribution in [0.4, 0.5) is 0 Å². The van der Waals surface area contributed by atoms with Gasteiger partial charge in [0.05, 0.1) is 17.6 Å². The number of amides is 1. The zero-order chi connectivity index (χ0) is 20.2. The minimum atomic E-state index is -0.154. The molecule has 1 amide bonds. The molecule has 0 spiro atoms. The smallest absolute Gasteiger partial charge is 0.240 e. The fraction of sp³-hybridized carbons (Fsp3) is 0.130. The quantitative estimate of drug-likeness (QED) is 0.389. The molecule has 0 saturated heterocycles. The molecule has 0 unspecified atom stereocenters. The van der Waals surface area contributed by atoms with Gasteiger partial charge in [0.1, 0.15) is 18.9 Å². The molecule has 1 heterocycles. The van der Waals surface area contributed by atoms with Crippen LogP contribution < -0.4 is 15.5 Å². The van der Waals surface area contributed by atoms with Crippen molar-refractivity contribution in [2.75, 3.05) is 13.2 Å². The molecule has 146 valence electrons. The Hall–Kier alpha value is -3.31. The third kappa shape index (κ3) is 4.10. The summed E-state index contributed by atoms with van der Waals surface area (Å²) < 4.78 is 7.47. The summed E-state index contributed by atoms with van der Waals surface area (Å²) in [5, 5.41) is 4.67. The second-order valence-corrected chi connectivity index (χ2v) is 7.04. The van der Waals surface area contributed by atoms with Crippen molar-refractivity contribution < 1.29 is 9.53 Å². The molecule has 29 heavy (non-hydrogen) atoms. The van der Waals surface area contributed by atoms with Crippen LogP contribution in [0.3, 0.4) is 0 Å². The Morgan fingerprint density at radius 3 is 2.24 bits per heavy atom. The van der Waals surface area contributed by atoms with Crippen LogP contribution in [0, 0.1) is 0 Å². The number of pyridine rings is 1. The summed E-state index contributed by atoms with van der Waals surface area (Å²) >= 11 is 5.93. The molecule has 0 atom stereocenters. The topological polar surface area (TPSA) is 60.3 Å². The van der Waals surface area contributed by atoms with E-state index in [1.807, 2.05) is 53.1 Å². The first-order valence-corrected chi connectivity index (χ1v) is 9.66. The first kappa shape index (κ1) is 19.0. The Bertz CT molecular complexity index is 1190. The molecule has 0 aliphatic heterocycles. The Balaban J connectivity index is 1.50. The summed E-state index contributed by atoms with van der Waals surface area (Å²) in [7, 11) is 0. The number of aromatic nitrogens is 1. The van der Waals surface area contributed by atoms with Crippen molar-refractivity contribution in [3.05, 3.63) is 88.0 Å². The van der Waals surface area contributed by atoms with E-state index in [-0.39, 0.29) is 17.9 Å². The number of halogens is 1. The van der Waals surface area contributed by atoms with Gasteiger partial charge < -0.3 is 14.6 Å². The van der Waals surface area contributed by atoms with Gasteiger partial charge >= 0.3 is 0 Å². The monoisotopic (exact) mass is 406 g/mol. The molecule has 0 aliphatic rings. The van der Waals surface area contributed by atoms with Crippen LogP contribution in [0.15, 0.2) is 77.6 Å². The SMILES string of the molecule is O=C(Cn1c2ccccc2c(=O)c2ccccc21)NCCOc1cccc(Cl)c1. The third-order valence-corrected chi connectivity index (χ3v) is 4.90. The van der Waals surface area contributed by atoms with Gasteiger partial charge in [0.25, 0.3) is 0 Å². The molecule has 6 heteroatoms. The lowest BCUT2D eigenvalue weighted by Gasteiger charge is -2.15. The second kappa shape index (κ2) is 8.37. The third-order valence-electron chi connectivity index (χ3n) is 4.67. The molecule has 1 aromatic heterocycles. The molecule has 1 N–H and O–H groups in total. The van der Waals surface area contributed by atoms with Gasteiger partial charge in [-0.2, -0.15) is 0 Å². The molecule has 0 fully saturated rings. The number of nitrogens with zero attached hydrogens (tertiary/aromatic N) is 1. The Kier molecular flexibility index (Phi) is 5.49. The van der Waals surface area contributed by atoms with E-state index in [2.05, 4.69) is 5.32 Å². The van der Waals surface area contributed by atoms with E-state index >= 15 is 0 Å². The van der Waals surface area contributed by atoms with Crippen LogP contribution in [0.1, 0.15) is 0 Å². The maximum Gasteiger partial charge on any atom is 0.240 e. The Labute approximate surface area is 172 Å². The number of para-hydroxylation sites is 2. The van der Waals surface area contributed by atoms with Crippen molar-refractivity contribution in [1.82, 2.24) is 9.88 Å². The van der Waals surface area contributed by atoms with E-state index in [0.29, 0.717) is 34.7 Å². The average molecular weight is 407 g/mol. The molecule has 0 bridgehead atoms. The number of nitrogens with one attached hydrogen (secondary N) is 1. The van der Waals surface area contributed by atoms with Crippen molar-refractivity contribution in [3.63, 3.8) is 0 Å². The molecule has 0 radical (unpaired) electrons. The predicted octanol–water partition coefficient (Wildman–Crippen LogP) is 4.00. The normalized spacial score (nSPS) is 10.9. The van der Waals surface area contributed by atoms with Gasteiger partial charge in [0, 0.05) is 15.8 Å². The molecule has 4 rings (SSSR count). The number of hydrogen-bond acceptors (Lipinski definition) is 3. The average Bonchev–Trinajstić information content (AvgIpc) is 2.74.